The largest absolute Gasteiger partial charge is 0.488 e. The molecular formula is C24H26N2O2. The third-order valence-corrected chi connectivity index (χ3v) is 4.77. The molecule has 2 aromatic carbocycles. The highest BCUT2D eigenvalue weighted by atomic mass is 16.5. The third-order valence-electron chi connectivity index (χ3n) is 4.77. The highest BCUT2D eigenvalue weighted by Crippen LogP contribution is 2.25. The summed E-state index contributed by atoms with van der Waals surface area (Å²) in [6.07, 6.45) is 4.36. The average Bonchev–Trinajstić information content (AvgIpc) is 2.69. The van der Waals surface area contributed by atoms with Crippen molar-refractivity contribution in [3.63, 3.8) is 0 Å². The Bertz CT molecular complexity index is 929. The summed E-state index contributed by atoms with van der Waals surface area (Å²) in [5.74, 6) is 0.763. The number of hydrogen-bond acceptors (Lipinski definition) is 3. The molecule has 1 amide bonds. The first-order valence-electron chi connectivity index (χ1n) is 9.50. The van der Waals surface area contributed by atoms with Crippen molar-refractivity contribution < 1.29 is 9.53 Å². The molecule has 28 heavy (non-hydrogen) atoms. The highest BCUT2D eigenvalue weighted by molar-refractivity contribution is 5.94. The Balaban J connectivity index is 1.61. The highest BCUT2D eigenvalue weighted by Gasteiger charge is 2.12. The Labute approximate surface area is 166 Å². The average molecular weight is 374 g/mol. The number of amides is 1. The van der Waals surface area contributed by atoms with E-state index in [1.165, 1.54) is 11.1 Å². The molecule has 144 valence electrons. The molecule has 1 N–H and O–H groups in total. The van der Waals surface area contributed by atoms with Gasteiger partial charge in [0, 0.05) is 30.1 Å². The number of pyridine rings is 1. The minimum Gasteiger partial charge on any atom is -0.488 e. The molecule has 0 saturated carbocycles. The normalized spacial score (nSPS) is 10.5. The van der Waals surface area contributed by atoms with Crippen LogP contribution in [0.1, 0.15) is 38.2 Å². The maximum absolute atomic E-state index is 12.6. The van der Waals surface area contributed by atoms with Crippen molar-refractivity contribution in [3.8, 4) is 5.75 Å². The summed E-state index contributed by atoms with van der Waals surface area (Å²) in [7, 11) is 0. The lowest BCUT2D eigenvalue weighted by Crippen LogP contribution is -2.26. The summed E-state index contributed by atoms with van der Waals surface area (Å²) in [5, 5.41) is 3.02. The SMILES string of the molecule is Cc1ccccc1CCNC(=O)c1cc(C)c(OCc2cccnc2)c(C)c1. The van der Waals surface area contributed by atoms with Gasteiger partial charge in [-0.2, -0.15) is 0 Å². The van der Waals surface area contributed by atoms with Crippen LogP contribution in [0.15, 0.2) is 60.9 Å². The van der Waals surface area contributed by atoms with E-state index in [0.717, 1.165) is 28.9 Å². The lowest BCUT2D eigenvalue weighted by molar-refractivity contribution is 0.0954. The molecule has 0 aliphatic carbocycles. The molecule has 0 saturated heterocycles. The van der Waals surface area contributed by atoms with E-state index in [1.54, 1.807) is 12.4 Å². The number of carbonyl (C=O) groups is 1. The molecular weight excluding hydrogens is 348 g/mol. The van der Waals surface area contributed by atoms with Crippen molar-refractivity contribution in [2.45, 2.75) is 33.8 Å². The second-order valence-corrected chi connectivity index (χ2v) is 7.02. The van der Waals surface area contributed by atoms with E-state index in [4.69, 9.17) is 4.74 Å². The predicted octanol–water partition coefficient (Wildman–Crippen LogP) is 4.56. The van der Waals surface area contributed by atoms with Crippen LogP contribution in [0.5, 0.6) is 5.75 Å². The van der Waals surface area contributed by atoms with E-state index < -0.39 is 0 Å². The second kappa shape index (κ2) is 9.18. The lowest BCUT2D eigenvalue weighted by Gasteiger charge is -2.14. The Morgan fingerprint density at radius 3 is 2.43 bits per heavy atom. The van der Waals surface area contributed by atoms with E-state index in [1.807, 2.05) is 50.2 Å². The Hall–Kier alpha value is -3.14. The van der Waals surface area contributed by atoms with Crippen LogP contribution in [-0.2, 0) is 13.0 Å². The van der Waals surface area contributed by atoms with Crippen molar-refractivity contribution in [3.05, 3.63) is 94.3 Å². The maximum atomic E-state index is 12.6. The van der Waals surface area contributed by atoms with Gasteiger partial charge >= 0.3 is 0 Å². The quantitative estimate of drug-likeness (QED) is 0.660. The minimum atomic E-state index is -0.0569. The van der Waals surface area contributed by atoms with Gasteiger partial charge in [0.2, 0.25) is 0 Å². The molecule has 3 aromatic rings. The third kappa shape index (κ3) is 4.97. The molecule has 0 aliphatic rings. The number of nitrogens with one attached hydrogen (secondary N) is 1. The molecule has 0 atom stereocenters. The Kier molecular flexibility index (Phi) is 6.43. The molecule has 3 rings (SSSR count). The van der Waals surface area contributed by atoms with Crippen LogP contribution < -0.4 is 10.1 Å². The van der Waals surface area contributed by atoms with E-state index in [2.05, 4.69) is 29.4 Å². The minimum absolute atomic E-state index is 0.0569. The van der Waals surface area contributed by atoms with Gasteiger partial charge in [-0.25, -0.2) is 0 Å². The number of aryl methyl sites for hydroxylation is 3. The zero-order chi connectivity index (χ0) is 19.9. The van der Waals surface area contributed by atoms with Crippen LogP contribution >= 0.6 is 0 Å². The molecule has 1 aromatic heterocycles. The van der Waals surface area contributed by atoms with Crippen molar-refractivity contribution in [2.75, 3.05) is 6.54 Å². The Morgan fingerprint density at radius 2 is 1.75 bits per heavy atom. The monoisotopic (exact) mass is 374 g/mol. The molecule has 4 heteroatoms. The van der Waals surface area contributed by atoms with E-state index in [9.17, 15) is 4.79 Å². The predicted molar refractivity (Wildman–Crippen MR) is 112 cm³/mol. The van der Waals surface area contributed by atoms with Crippen molar-refractivity contribution in [2.24, 2.45) is 0 Å². The zero-order valence-corrected chi connectivity index (χ0v) is 16.7. The van der Waals surface area contributed by atoms with Gasteiger partial charge in [0.1, 0.15) is 12.4 Å². The van der Waals surface area contributed by atoms with Crippen LogP contribution in [0.25, 0.3) is 0 Å². The number of nitrogens with zero attached hydrogens (tertiary/aromatic N) is 1. The van der Waals surface area contributed by atoms with Gasteiger partial charge in [0.15, 0.2) is 0 Å². The van der Waals surface area contributed by atoms with Gasteiger partial charge in [0.25, 0.3) is 5.91 Å². The zero-order valence-electron chi connectivity index (χ0n) is 16.7. The van der Waals surface area contributed by atoms with Crippen molar-refractivity contribution in [1.29, 1.82) is 0 Å². The topological polar surface area (TPSA) is 51.2 Å². The van der Waals surface area contributed by atoms with Crippen LogP contribution in [0.2, 0.25) is 0 Å². The second-order valence-electron chi connectivity index (χ2n) is 7.02. The van der Waals surface area contributed by atoms with Gasteiger partial charge < -0.3 is 10.1 Å². The number of ether oxygens (including phenoxy) is 1. The van der Waals surface area contributed by atoms with Crippen LogP contribution in [-0.4, -0.2) is 17.4 Å². The fourth-order valence-electron chi connectivity index (χ4n) is 3.25. The first kappa shape index (κ1) is 19.6. The summed E-state index contributed by atoms with van der Waals surface area (Å²) in [6.45, 7) is 7.10. The lowest BCUT2D eigenvalue weighted by atomic mass is 10.0. The summed E-state index contributed by atoms with van der Waals surface area (Å²) in [4.78, 5) is 16.7. The molecule has 0 bridgehead atoms. The fraction of sp³-hybridized carbons (Fsp3) is 0.250. The molecule has 0 unspecified atom stereocenters. The number of benzene rings is 2. The molecule has 0 aliphatic heterocycles. The van der Waals surface area contributed by atoms with Gasteiger partial charge in [-0.15, -0.1) is 0 Å². The Morgan fingerprint density at radius 1 is 1.00 bits per heavy atom. The maximum Gasteiger partial charge on any atom is 0.251 e. The van der Waals surface area contributed by atoms with E-state index >= 15 is 0 Å². The number of rotatable bonds is 7. The van der Waals surface area contributed by atoms with Gasteiger partial charge in [0.05, 0.1) is 0 Å². The summed E-state index contributed by atoms with van der Waals surface area (Å²) in [6, 6.07) is 15.9. The smallest absolute Gasteiger partial charge is 0.251 e. The molecule has 1 heterocycles. The van der Waals surface area contributed by atoms with E-state index in [-0.39, 0.29) is 5.91 Å². The van der Waals surface area contributed by atoms with Gasteiger partial charge in [-0.3, -0.25) is 9.78 Å². The van der Waals surface area contributed by atoms with Crippen molar-refractivity contribution >= 4 is 5.91 Å². The molecule has 0 radical (unpaired) electrons. The van der Waals surface area contributed by atoms with Crippen molar-refractivity contribution in [1.82, 2.24) is 10.3 Å². The summed E-state index contributed by atoms with van der Waals surface area (Å²) < 4.78 is 5.97. The van der Waals surface area contributed by atoms with Crippen LogP contribution in [0, 0.1) is 20.8 Å². The number of hydrogen-bond donors (Lipinski definition) is 1. The summed E-state index contributed by atoms with van der Waals surface area (Å²) in [5.41, 5.74) is 6.08. The standard InChI is InChI=1S/C24H26N2O2/c1-17-7-4-5-9-21(17)10-12-26-24(27)22-13-18(2)23(19(3)14-22)28-16-20-8-6-11-25-15-20/h4-9,11,13-15H,10,12,16H2,1-3H3,(H,26,27). The molecule has 0 spiro atoms. The fourth-order valence-corrected chi connectivity index (χ4v) is 3.25. The van der Waals surface area contributed by atoms with Crippen LogP contribution in [0.4, 0.5) is 0 Å². The molecule has 0 fully saturated rings. The van der Waals surface area contributed by atoms with E-state index in [0.29, 0.717) is 18.7 Å². The summed E-state index contributed by atoms with van der Waals surface area (Å²) >= 11 is 0. The first-order chi connectivity index (χ1) is 13.5. The molecule has 4 nitrogen and oxygen atoms in total. The van der Waals surface area contributed by atoms with Crippen LogP contribution in [0.3, 0.4) is 0 Å². The van der Waals surface area contributed by atoms with Gasteiger partial charge in [-0.1, -0.05) is 30.3 Å². The number of aromatic nitrogens is 1. The number of carbonyl (C=O) groups excluding carboxylic acids is 1. The first-order valence-corrected chi connectivity index (χ1v) is 9.50. The van der Waals surface area contributed by atoms with Gasteiger partial charge in [-0.05, 0) is 67.6 Å².